The van der Waals surface area contributed by atoms with Gasteiger partial charge < -0.3 is 5.32 Å². The predicted molar refractivity (Wildman–Crippen MR) is 76.2 cm³/mol. The minimum absolute atomic E-state index is 0.205. The van der Waals surface area contributed by atoms with Crippen molar-refractivity contribution in [2.24, 2.45) is 0 Å². The van der Waals surface area contributed by atoms with E-state index >= 15 is 0 Å². The van der Waals surface area contributed by atoms with Crippen molar-refractivity contribution in [3.05, 3.63) is 48.0 Å². The number of fused-ring (bicyclic) bond motifs is 1. The molecular formula is C15H14FN5. The van der Waals surface area contributed by atoms with Gasteiger partial charge in [-0.25, -0.2) is 4.39 Å². The molecule has 1 aliphatic heterocycles. The second-order valence-electron chi connectivity index (χ2n) is 5.20. The van der Waals surface area contributed by atoms with Gasteiger partial charge in [0, 0.05) is 5.56 Å². The molecule has 1 unspecified atom stereocenters. The van der Waals surface area contributed by atoms with Gasteiger partial charge in [-0.1, -0.05) is 0 Å². The van der Waals surface area contributed by atoms with E-state index in [1.165, 1.54) is 12.1 Å². The molecule has 6 heteroatoms. The molecule has 0 spiro atoms. The molecule has 21 heavy (non-hydrogen) atoms. The summed E-state index contributed by atoms with van der Waals surface area (Å²) in [5.41, 5.74) is 2.38. The third-order valence-corrected chi connectivity index (χ3v) is 3.80. The van der Waals surface area contributed by atoms with Crippen molar-refractivity contribution in [2.75, 3.05) is 6.54 Å². The maximum atomic E-state index is 13.0. The summed E-state index contributed by atoms with van der Waals surface area (Å²) in [5.74, 6) is 0.589. The molecule has 106 valence electrons. The summed E-state index contributed by atoms with van der Waals surface area (Å²) in [6.45, 7) is 0.997. The third kappa shape index (κ3) is 2.17. The Balaban J connectivity index is 1.80. The van der Waals surface area contributed by atoms with Crippen LogP contribution in [0.4, 0.5) is 4.39 Å². The minimum Gasteiger partial charge on any atom is -0.307 e. The Morgan fingerprint density at radius 3 is 2.71 bits per heavy atom. The minimum atomic E-state index is -0.250. The van der Waals surface area contributed by atoms with Gasteiger partial charge in [0.15, 0.2) is 11.5 Å². The maximum absolute atomic E-state index is 13.0. The molecule has 1 fully saturated rings. The molecule has 0 amide bonds. The standard InChI is InChI=1S/C15H14FN5/c16-11-5-3-10(4-6-11)12-7-8-14-18-19-15(21(14)20-12)13-2-1-9-17-13/h3-8,13,17H,1-2,9H2. The number of halogens is 1. The van der Waals surface area contributed by atoms with E-state index < -0.39 is 0 Å². The van der Waals surface area contributed by atoms with E-state index in [2.05, 4.69) is 20.6 Å². The number of hydrogen-bond donors (Lipinski definition) is 1. The van der Waals surface area contributed by atoms with Crippen molar-refractivity contribution in [3.8, 4) is 11.3 Å². The summed E-state index contributed by atoms with van der Waals surface area (Å²) >= 11 is 0. The lowest BCUT2D eigenvalue weighted by molar-refractivity contribution is 0.585. The fraction of sp³-hybridized carbons (Fsp3) is 0.267. The van der Waals surface area contributed by atoms with Gasteiger partial charge in [0.2, 0.25) is 0 Å². The Hall–Kier alpha value is -2.34. The van der Waals surface area contributed by atoms with Gasteiger partial charge in [0.25, 0.3) is 0 Å². The van der Waals surface area contributed by atoms with Crippen LogP contribution in [0, 0.1) is 5.82 Å². The number of hydrogen-bond acceptors (Lipinski definition) is 4. The largest absolute Gasteiger partial charge is 0.307 e. The van der Waals surface area contributed by atoms with Crippen LogP contribution in [0.3, 0.4) is 0 Å². The first kappa shape index (κ1) is 12.4. The van der Waals surface area contributed by atoms with Crippen molar-refractivity contribution >= 4 is 5.65 Å². The number of aromatic nitrogens is 4. The Morgan fingerprint density at radius 1 is 1.10 bits per heavy atom. The first-order valence-electron chi connectivity index (χ1n) is 7.03. The molecule has 1 aromatic carbocycles. The molecule has 0 bridgehead atoms. The van der Waals surface area contributed by atoms with Gasteiger partial charge in [-0.05, 0) is 55.8 Å². The summed E-state index contributed by atoms with van der Waals surface area (Å²) < 4.78 is 14.8. The van der Waals surface area contributed by atoms with E-state index in [-0.39, 0.29) is 11.9 Å². The predicted octanol–water partition coefficient (Wildman–Crippen LogP) is 2.35. The Bertz CT molecular complexity index is 774. The zero-order chi connectivity index (χ0) is 14.2. The highest BCUT2D eigenvalue weighted by molar-refractivity contribution is 5.60. The monoisotopic (exact) mass is 283 g/mol. The first-order valence-corrected chi connectivity index (χ1v) is 7.03. The molecule has 1 saturated heterocycles. The summed E-state index contributed by atoms with van der Waals surface area (Å²) in [6, 6.07) is 10.3. The van der Waals surface area contributed by atoms with E-state index in [1.54, 1.807) is 16.6 Å². The van der Waals surface area contributed by atoms with Crippen LogP contribution in [0.2, 0.25) is 0 Å². The highest BCUT2D eigenvalue weighted by atomic mass is 19.1. The molecular weight excluding hydrogens is 269 g/mol. The Morgan fingerprint density at radius 2 is 1.95 bits per heavy atom. The van der Waals surface area contributed by atoms with Crippen molar-refractivity contribution in [3.63, 3.8) is 0 Å². The van der Waals surface area contributed by atoms with Gasteiger partial charge in [0.05, 0.1) is 11.7 Å². The zero-order valence-electron chi connectivity index (χ0n) is 11.3. The van der Waals surface area contributed by atoms with Crippen molar-refractivity contribution in [1.29, 1.82) is 0 Å². The SMILES string of the molecule is Fc1ccc(-c2ccc3nnc(C4CCCN4)n3n2)cc1. The molecule has 1 aliphatic rings. The van der Waals surface area contributed by atoms with Crippen LogP contribution < -0.4 is 5.32 Å². The average molecular weight is 283 g/mol. The fourth-order valence-corrected chi connectivity index (χ4v) is 2.70. The van der Waals surface area contributed by atoms with Gasteiger partial charge in [-0.15, -0.1) is 10.2 Å². The molecule has 3 heterocycles. The Labute approximate surface area is 120 Å². The lowest BCUT2D eigenvalue weighted by Gasteiger charge is -2.08. The van der Waals surface area contributed by atoms with Crippen LogP contribution in [-0.4, -0.2) is 26.4 Å². The highest BCUT2D eigenvalue weighted by Crippen LogP contribution is 2.23. The second-order valence-corrected chi connectivity index (χ2v) is 5.20. The maximum Gasteiger partial charge on any atom is 0.178 e. The summed E-state index contributed by atoms with van der Waals surface area (Å²) in [5, 5.41) is 16.4. The van der Waals surface area contributed by atoms with Gasteiger partial charge in [0.1, 0.15) is 5.82 Å². The topological polar surface area (TPSA) is 55.1 Å². The van der Waals surface area contributed by atoms with E-state index in [1.807, 2.05) is 12.1 Å². The molecule has 1 N–H and O–H groups in total. The van der Waals surface area contributed by atoms with E-state index in [4.69, 9.17) is 0 Å². The van der Waals surface area contributed by atoms with Crippen LogP contribution in [0.15, 0.2) is 36.4 Å². The van der Waals surface area contributed by atoms with Crippen LogP contribution in [0.25, 0.3) is 16.9 Å². The fourth-order valence-electron chi connectivity index (χ4n) is 2.70. The number of nitrogens with one attached hydrogen (secondary N) is 1. The summed E-state index contributed by atoms with van der Waals surface area (Å²) in [7, 11) is 0. The molecule has 5 nitrogen and oxygen atoms in total. The zero-order valence-corrected chi connectivity index (χ0v) is 11.3. The molecule has 0 aliphatic carbocycles. The van der Waals surface area contributed by atoms with Crippen LogP contribution in [0.1, 0.15) is 24.7 Å². The van der Waals surface area contributed by atoms with Crippen LogP contribution in [-0.2, 0) is 0 Å². The van der Waals surface area contributed by atoms with E-state index in [0.717, 1.165) is 42.1 Å². The van der Waals surface area contributed by atoms with Gasteiger partial charge >= 0.3 is 0 Å². The van der Waals surface area contributed by atoms with Crippen molar-refractivity contribution in [2.45, 2.75) is 18.9 Å². The average Bonchev–Trinajstić information content (AvgIpc) is 3.16. The molecule has 0 saturated carbocycles. The van der Waals surface area contributed by atoms with Crippen molar-refractivity contribution in [1.82, 2.24) is 25.1 Å². The quantitative estimate of drug-likeness (QED) is 0.784. The molecule has 4 rings (SSSR count). The molecule has 0 radical (unpaired) electrons. The molecule has 1 atom stereocenters. The molecule has 2 aromatic heterocycles. The van der Waals surface area contributed by atoms with E-state index in [0.29, 0.717) is 0 Å². The third-order valence-electron chi connectivity index (χ3n) is 3.80. The number of rotatable bonds is 2. The lowest BCUT2D eigenvalue weighted by Crippen LogP contribution is -2.16. The van der Waals surface area contributed by atoms with Crippen molar-refractivity contribution < 1.29 is 4.39 Å². The smallest absolute Gasteiger partial charge is 0.178 e. The summed E-state index contributed by atoms with van der Waals surface area (Å²) in [4.78, 5) is 0. The van der Waals surface area contributed by atoms with Gasteiger partial charge in [-0.2, -0.15) is 9.61 Å². The second kappa shape index (κ2) is 4.89. The first-order chi connectivity index (χ1) is 10.3. The van der Waals surface area contributed by atoms with Crippen LogP contribution in [0.5, 0.6) is 0 Å². The highest BCUT2D eigenvalue weighted by Gasteiger charge is 2.22. The molecule has 3 aromatic rings. The summed E-state index contributed by atoms with van der Waals surface area (Å²) in [6.07, 6.45) is 2.18. The van der Waals surface area contributed by atoms with Crippen LogP contribution >= 0.6 is 0 Å². The number of nitrogens with zero attached hydrogens (tertiary/aromatic N) is 4. The lowest BCUT2D eigenvalue weighted by atomic mass is 10.1. The Kier molecular flexibility index (Phi) is 2.89. The number of benzene rings is 1. The van der Waals surface area contributed by atoms with E-state index in [9.17, 15) is 4.39 Å². The van der Waals surface area contributed by atoms with Gasteiger partial charge in [-0.3, -0.25) is 0 Å². The normalized spacial score (nSPS) is 18.4.